The van der Waals surface area contributed by atoms with Gasteiger partial charge in [0.1, 0.15) is 0 Å². The highest BCUT2D eigenvalue weighted by atomic mass is 16.7. The summed E-state index contributed by atoms with van der Waals surface area (Å²) in [4.78, 5) is 55.3. The summed E-state index contributed by atoms with van der Waals surface area (Å²) in [5.74, 6) is -0.833. The molecule has 0 aliphatic carbocycles. The molecule has 2 heterocycles. The van der Waals surface area contributed by atoms with Crippen molar-refractivity contribution < 1.29 is 39.3 Å². The van der Waals surface area contributed by atoms with E-state index in [0.29, 0.717) is 64.5 Å². The Hall–Kier alpha value is -6.04. The maximum atomic E-state index is 12.4. The molecule has 0 N–H and O–H groups in total. The summed E-state index contributed by atoms with van der Waals surface area (Å²) in [6, 6.07) is 5.41. The van der Waals surface area contributed by atoms with Gasteiger partial charge in [0.15, 0.2) is 0 Å². The van der Waals surface area contributed by atoms with E-state index in [1.54, 1.807) is 0 Å². The van der Waals surface area contributed by atoms with Crippen molar-refractivity contribution >= 4 is 22.7 Å². The van der Waals surface area contributed by atoms with Crippen molar-refractivity contribution in [1.82, 2.24) is 19.8 Å². The molecular weight excluding hydrogens is 636 g/mol. The van der Waals surface area contributed by atoms with Crippen molar-refractivity contribution in [3.8, 4) is 11.5 Å². The van der Waals surface area contributed by atoms with Crippen molar-refractivity contribution in [2.45, 2.75) is 6.42 Å². The lowest BCUT2D eigenvalue weighted by Crippen LogP contribution is -2.50. The zero-order chi connectivity index (χ0) is 34.1. The van der Waals surface area contributed by atoms with Crippen LogP contribution in [0.3, 0.4) is 0 Å². The molecule has 2 aliphatic rings. The number of hydrogen-bond acceptors (Lipinski definition) is 16. The van der Waals surface area contributed by atoms with E-state index in [1.165, 1.54) is 10.0 Å². The number of nitro benzene ring substituents is 4. The first kappa shape index (κ1) is 33.8. The van der Waals surface area contributed by atoms with Gasteiger partial charge in [0.05, 0.1) is 67.9 Å². The first-order valence-corrected chi connectivity index (χ1v) is 13.9. The predicted octanol–water partition coefficient (Wildman–Crippen LogP) is 1.99. The van der Waals surface area contributed by atoms with E-state index in [4.69, 9.17) is 9.68 Å². The van der Waals surface area contributed by atoms with Crippen LogP contribution in [0.5, 0.6) is 11.5 Å². The number of benzene rings is 2. The van der Waals surface area contributed by atoms with E-state index in [0.717, 1.165) is 43.8 Å². The fourth-order valence-corrected chi connectivity index (χ4v) is 4.72. The molecule has 2 aliphatic heterocycles. The zero-order valence-electron chi connectivity index (χ0n) is 24.5. The Kier molecular flexibility index (Phi) is 11.0. The predicted molar refractivity (Wildman–Crippen MR) is 154 cm³/mol. The summed E-state index contributed by atoms with van der Waals surface area (Å²) in [6.45, 7) is 4.88. The number of nitrogens with zero attached hydrogens (tertiary/aromatic N) is 12. The molecule has 0 bridgehead atoms. The molecule has 4 rings (SSSR count). The Morgan fingerprint density at radius 1 is 0.553 bits per heavy atom. The van der Waals surface area contributed by atoms with Crippen LogP contribution in [0.1, 0.15) is 6.42 Å². The van der Waals surface area contributed by atoms with Gasteiger partial charge in [-0.15, -0.1) is 10.0 Å². The maximum Gasteiger partial charge on any atom is 0.321 e. The molecule has 0 atom stereocenters. The second-order valence-corrected chi connectivity index (χ2v) is 10.1. The third kappa shape index (κ3) is 9.01. The van der Waals surface area contributed by atoms with Gasteiger partial charge in [-0.1, -0.05) is 0 Å². The van der Waals surface area contributed by atoms with E-state index in [9.17, 15) is 50.9 Å². The van der Waals surface area contributed by atoms with Crippen molar-refractivity contribution in [2.24, 2.45) is 10.6 Å². The molecule has 0 aromatic heterocycles. The average Bonchev–Trinajstić information content (AvgIpc) is 3.06. The zero-order valence-corrected chi connectivity index (χ0v) is 24.5. The molecule has 24 heteroatoms. The third-order valence-electron chi connectivity index (χ3n) is 7.25. The Bertz CT molecular complexity index is 1440. The molecular formula is C23H28N12O12. The highest BCUT2D eigenvalue weighted by Crippen LogP contribution is 2.32. The molecule has 2 aromatic rings. The van der Waals surface area contributed by atoms with E-state index in [-0.39, 0.29) is 9.94 Å². The van der Waals surface area contributed by atoms with Gasteiger partial charge in [-0.2, -0.15) is 0 Å². The molecule has 0 radical (unpaired) electrons. The highest BCUT2D eigenvalue weighted by Gasteiger charge is 2.27. The quantitative estimate of drug-likeness (QED) is 0.121. The lowest BCUT2D eigenvalue weighted by molar-refractivity contribution is -0.709. The summed E-state index contributed by atoms with van der Waals surface area (Å²) in [5, 5.41) is 78.3. The van der Waals surface area contributed by atoms with Gasteiger partial charge >= 0.3 is 11.4 Å². The van der Waals surface area contributed by atoms with Crippen molar-refractivity contribution in [2.75, 3.05) is 65.4 Å². The molecule has 47 heavy (non-hydrogen) atoms. The summed E-state index contributed by atoms with van der Waals surface area (Å²) < 4.78 is 0. The summed E-state index contributed by atoms with van der Waals surface area (Å²) in [5.41, 5.74) is -2.42. The number of nitro groups is 4. The second kappa shape index (κ2) is 15.3. The second-order valence-electron chi connectivity index (χ2n) is 10.1. The van der Waals surface area contributed by atoms with Gasteiger partial charge in [-0.25, -0.2) is 0 Å². The summed E-state index contributed by atoms with van der Waals surface area (Å²) in [7, 11) is 0. The monoisotopic (exact) mass is 664 g/mol. The van der Waals surface area contributed by atoms with Crippen LogP contribution in [0.25, 0.3) is 0 Å². The van der Waals surface area contributed by atoms with Gasteiger partial charge in [0, 0.05) is 38.3 Å². The summed E-state index contributed by atoms with van der Waals surface area (Å²) >= 11 is 0. The first-order valence-electron chi connectivity index (χ1n) is 13.9. The van der Waals surface area contributed by atoms with E-state index < -0.39 is 53.9 Å². The minimum absolute atomic E-state index is 0.186. The molecule has 24 nitrogen and oxygen atoms in total. The first-order chi connectivity index (χ1) is 22.4. The average molecular weight is 665 g/mol. The summed E-state index contributed by atoms with van der Waals surface area (Å²) in [6.07, 6.45) is 0.802. The Morgan fingerprint density at radius 3 is 1.23 bits per heavy atom. The number of piperazine rings is 2. The number of rotatable bonds is 14. The molecule has 2 saturated heterocycles. The fourth-order valence-electron chi connectivity index (χ4n) is 4.72. The Balaban J connectivity index is 1.16. The molecule has 2 fully saturated rings. The molecule has 0 amide bonds. The van der Waals surface area contributed by atoms with Crippen LogP contribution >= 0.6 is 0 Å². The van der Waals surface area contributed by atoms with Crippen LogP contribution in [0.4, 0.5) is 22.7 Å². The fraction of sp³-hybridized carbons (Fsp3) is 0.478. The molecule has 252 valence electrons. The van der Waals surface area contributed by atoms with Crippen LogP contribution in [-0.4, -0.2) is 115 Å². The Morgan fingerprint density at radius 2 is 0.915 bits per heavy atom. The number of hydrogen-bond donors (Lipinski definition) is 0. The smallest absolute Gasteiger partial charge is 0.321 e. The SMILES string of the molecule is O=[N+]([O-])c1ccc(O/N=[N+](\[O-])N2CCN(CCCN3CCN(/[N+]([O-])=N/Oc4ccc([N+](=O)[O-])cc4[N+](=O)[O-])CC3)CC2)c([N+](=O)[O-])c1. The van der Waals surface area contributed by atoms with E-state index in [2.05, 4.69) is 20.4 Å². The van der Waals surface area contributed by atoms with E-state index in [1.807, 2.05) is 0 Å². The standard InChI is InChI=1S/C23H28N12O12/c36-30(37)18-2-4-22(20(16-18)32(40)41)46-24-34(44)28-12-8-26(9-13-28)6-1-7-27-10-14-29(15-11-27)35(45)25-47-23-5-3-19(31(38)39)17-21(23)33(42)43/h2-5,16-17H,1,6-15H2/b34-24-,35-25-. The minimum Gasteiger partial charge on any atom is -0.569 e. The molecule has 0 spiro atoms. The van der Waals surface area contributed by atoms with Gasteiger partial charge < -0.3 is 10.4 Å². The number of non-ortho nitro benzene ring substituents is 2. The van der Waals surface area contributed by atoms with Crippen molar-refractivity contribution in [3.63, 3.8) is 0 Å². The number of hydrazine groups is 2. The topological polar surface area (TPSA) is 281 Å². The molecule has 2 aromatic carbocycles. The van der Waals surface area contributed by atoms with Crippen LogP contribution in [-0.2, 0) is 0 Å². The lowest BCUT2D eigenvalue weighted by atomic mass is 10.2. The van der Waals surface area contributed by atoms with Crippen LogP contribution in [0, 0.1) is 50.9 Å². The molecule has 0 unspecified atom stereocenters. The van der Waals surface area contributed by atoms with Gasteiger partial charge in [-0.05, 0) is 31.6 Å². The minimum atomic E-state index is -0.876. The highest BCUT2D eigenvalue weighted by molar-refractivity contribution is 5.54. The van der Waals surface area contributed by atoms with Crippen LogP contribution < -0.4 is 9.68 Å². The van der Waals surface area contributed by atoms with Crippen LogP contribution in [0.15, 0.2) is 47.0 Å². The van der Waals surface area contributed by atoms with E-state index >= 15 is 0 Å². The van der Waals surface area contributed by atoms with Gasteiger partial charge in [0.25, 0.3) is 11.4 Å². The maximum absolute atomic E-state index is 12.4. The van der Waals surface area contributed by atoms with Gasteiger partial charge in [-0.3, -0.25) is 59.9 Å². The largest absolute Gasteiger partial charge is 0.569 e. The molecule has 0 saturated carbocycles. The lowest BCUT2D eigenvalue weighted by Gasteiger charge is -2.33. The third-order valence-corrected chi connectivity index (χ3v) is 7.25. The Labute approximate surface area is 263 Å². The van der Waals surface area contributed by atoms with Crippen LogP contribution in [0.2, 0.25) is 0 Å². The van der Waals surface area contributed by atoms with Crippen molar-refractivity contribution in [1.29, 1.82) is 0 Å². The van der Waals surface area contributed by atoms with Gasteiger partial charge in [0.2, 0.25) is 22.1 Å². The van der Waals surface area contributed by atoms with Crippen molar-refractivity contribution in [3.05, 3.63) is 87.3 Å². The normalized spacial score (nSPS) is 16.5.